The smallest absolute Gasteiger partial charge is 0.154 e. The zero-order valence-electron chi connectivity index (χ0n) is 34.0. The van der Waals surface area contributed by atoms with Gasteiger partial charge < -0.3 is 15.6 Å². The van der Waals surface area contributed by atoms with E-state index >= 15 is 0 Å². The number of aliphatic imine (C=N–C) groups is 1. The minimum Gasteiger partial charge on any atom is -0.461 e. The predicted molar refractivity (Wildman–Crippen MR) is 225 cm³/mol. The molecule has 294 valence electrons. The molecule has 1 aliphatic heterocycles. The summed E-state index contributed by atoms with van der Waals surface area (Å²) in [5.74, 6) is 2.94. The molecular formula is C47H67FN4O2. The van der Waals surface area contributed by atoms with Crippen molar-refractivity contribution in [3.8, 4) is 5.75 Å². The number of nitrogens with one attached hydrogen (secondary N) is 1. The van der Waals surface area contributed by atoms with Gasteiger partial charge in [-0.25, -0.2) is 4.99 Å². The number of nitrogens with zero attached hydrogens (tertiary/aromatic N) is 2. The third-order valence-corrected chi connectivity index (χ3v) is 11.0. The average molecular weight is 739 g/mol. The van der Waals surface area contributed by atoms with Crippen molar-refractivity contribution in [2.24, 2.45) is 22.1 Å². The van der Waals surface area contributed by atoms with Gasteiger partial charge in [0.2, 0.25) is 0 Å². The van der Waals surface area contributed by atoms with Gasteiger partial charge in [0, 0.05) is 41.4 Å². The van der Waals surface area contributed by atoms with Crippen LogP contribution < -0.4 is 20.9 Å². The number of nitrogens with two attached hydrogens (primary N) is 1. The van der Waals surface area contributed by atoms with Gasteiger partial charge in [-0.2, -0.15) is 0 Å². The molecule has 0 amide bonds. The number of benzene rings is 3. The summed E-state index contributed by atoms with van der Waals surface area (Å²) in [6.07, 6.45) is 14.4. The molecule has 0 spiro atoms. The van der Waals surface area contributed by atoms with E-state index in [4.69, 9.17) is 15.9 Å². The van der Waals surface area contributed by atoms with Crippen molar-refractivity contribution in [2.45, 2.75) is 131 Å². The van der Waals surface area contributed by atoms with Crippen molar-refractivity contribution in [1.82, 2.24) is 4.90 Å². The molecule has 3 atom stereocenters. The number of amidine groups is 2. The van der Waals surface area contributed by atoms with E-state index in [1.807, 2.05) is 54.6 Å². The lowest BCUT2D eigenvalue weighted by Gasteiger charge is -2.32. The van der Waals surface area contributed by atoms with Gasteiger partial charge in [-0.1, -0.05) is 135 Å². The minimum absolute atomic E-state index is 0.0289. The third-order valence-electron chi connectivity index (χ3n) is 11.0. The molecule has 1 aliphatic carbocycles. The molecule has 3 aromatic rings. The Morgan fingerprint density at radius 1 is 0.889 bits per heavy atom. The van der Waals surface area contributed by atoms with Gasteiger partial charge in [-0.05, 0) is 78.3 Å². The number of aliphatic hydroxyl groups excluding tert-OH is 1. The Balaban J connectivity index is 0.000000422. The lowest BCUT2D eigenvalue weighted by Crippen LogP contribution is -2.38. The number of unbranched alkanes of at least 4 members (excludes halogenated alkanes) is 6. The average Bonchev–Trinajstić information content (AvgIpc) is 3.45. The van der Waals surface area contributed by atoms with Crippen molar-refractivity contribution in [2.75, 3.05) is 19.8 Å². The second-order valence-corrected chi connectivity index (χ2v) is 16.1. The summed E-state index contributed by atoms with van der Waals surface area (Å²) in [5.41, 5.74) is 9.92. The number of fused-ring (bicyclic) bond motifs is 2. The Bertz CT molecular complexity index is 1770. The van der Waals surface area contributed by atoms with Gasteiger partial charge >= 0.3 is 0 Å². The molecule has 3 unspecified atom stereocenters. The van der Waals surface area contributed by atoms with Crippen molar-refractivity contribution in [3.63, 3.8) is 0 Å². The number of aliphatic hydroxyl groups is 1. The van der Waals surface area contributed by atoms with Crippen LogP contribution in [0.4, 0.5) is 4.39 Å². The third kappa shape index (κ3) is 11.8. The maximum absolute atomic E-state index is 12.0. The van der Waals surface area contributed by atoms with E-state index in [2.05, 4.69) is 69.6 Å². The van der Waals surface area contributed by atoms with Crippen LogP contribution in [0.25, 0.3) is 11.8 Å². The Labute approximate surface area is 324 Å². The second-order valence-electron chi connectivity index (χ2n) is 16.1. The highest BCUT2D eigenvalue weighted by atomic mass is 19.1. The highest BCUT2D eigenvalue weighted by Crippen LogP contribution is 2.36. The molecule has 0 fully saturated rings. The maximum atomic E-state index is 12.0. The highest BCUT2D eigenvalue weighted by Gasteiger charge is 2.30. The predicted octanol–water partition coefficient (Wildman–Crippen LogP) is 10.1. The topological polar surface area (TPSA) is 94.9 Å². The van der Waals surface area contributed by atoms with Gasteiger partial charge in [0.15, 0.2) is 5.84 Å². The fourth-order valence-corrected chi connectivity index (χ4v) is 7.49. The molecule has 5 rings (SSSR count). The summed E-state index contributed by atoms with van der Waals surface area (Å²) < 4.78 is 18.8. The van der Waals surface area contributed by atoms with E-state index in [0.717, 1.165) is 78.1 Å². The van der Waals surface area contributed by atoms with E-state index in [0.29, 0.717) is 23.9 Å². The molecule has 0 saturated heterocycles. The van der Waals surface area contributed by atoms with Crippen LogP contribution in [-0.2, 0) is 0 Å². The molecule has 0 saturated carbocycles. The van der Waals surface area contributed by atoms with E-state index < -0.39 is 6.23 Å². The first-order valence-electron chi connectivity index (χ1n) is 20.6. The monoisotopic (exact) mass is 739 g/mol. The molecule has 6 nitrogen and oxygen atoms in total. The van der Waals surface area contributed by atoms with Crippen LogP contribution in [0.2, 0.25) is 0 Å². The lowest BCUT2D eigenvalue weighted by molar-refractivity contribution is -0.00188. The Hall–Kier alpha value is -3.81. The van der Waals surface area contributed by atoms with E-state index in [9.17, 15) is 9.50 Å². The molecule has 2 aliphatic rings. The summed E-state index contributed by atoms with van der Waals surface area (Å²) in [4.78, 5) is 6.44. The Morgan fingerprint density at radius 2 is 1.54 bits per heavy atom. The van der Waals surface area contributed by atoms with Gasteiger partial charge in [0.25, 0.3) is 0 Å². The minimum atomic E-state index is -0.730. The second kappa shape index (κ2) is 21.3. The number of hydrogen-bond acceptors (Lipinski definition) is 5. The number of hydrogen-bond donors (Lipinski definition) is 3. The summed E-state index contributed by atoms with van der Waals surface area (Å²) in [6.45, 7) is 14.9. The zero-order chi connectivity index (χ0) is 39.1. The fraction of sp³-hybridized carbons (Fsp3) is 0.532. The van der Waals surface area contributed by atoms with Crippen LogP contribution in [0, 0.1) is 16.7 Å². The molecular weight excluding hydrogens is 672 g/mol. The van der Waals surface area contributed by atoms with Crippen LogP contribution in [0.5, 0.6) is 5.75 Å². The van der Waals surface area contributed by atoms with E-state index in [1.54, 1.807) is 0 Å². The summed E-state index contributed by atoms with van der Waals surface area (Å²) in [7, 11) is 0. The Kier molecular flexibility index (Phi) is 17.0. The van der Waals surface area contributed by atoms with Crippen molar-refractivity contribution in [1.29, 1.82) is 5.41 Å². The largest absolute Gasteiger partial charge is 0.461 e. The van der Waals surface area contributed by atoms with Gasteiger partial charge in [0.05, 0.1) is 6.67 Å². The van der Waals surface area contributed by atoms with Gasteiger partial charge in [-0.15, -0.1) is 0 Å². The molecule has 1 heterocycles. The number of para-hydroxylation sites is 1. The summed E-state index contributed by atoms with van der Waals surface area (Å²) in [6, 6.07) is 22.4. The summed E-state index contributed by atoms with van der Waals surface area (Å²) in [5, 5.41) is 22.1. The maximum Gasteiger partial charge on any atom is 0.154 e. The standard InChI is InChI=1S/C35H50N4O2.C12H17F/c1-6-8-10-14-18-39(19-15-11-9-7-2)34(40)26-16-12-13-17-30(26)41-31-22-25(35(3,4)5)20-24-21-28-29(23-27(24)31)33(37)38-32(28)36;1-2-11(9-6-10-13)12-7-4-3-5-8-12/h12-13,16-17,20-21,23,25,34,40H,6-11,14-15,18-19,22H2,1-5H3,(H3,36,37,38);3-5,7-8,11H,2,6,9-10H2,1H3. The van der Waals surface area contributed by atoms with Crippen molar-refractivity contribution >= 4 is 23.5 Å². The molecule has 3 aromatic carbocycles. The highest BCUT2D eigenvalue weighted by molar-refractivity contribution is 6.20. The fourth-order valence-electron chi connectivity index (χ4n) is 7.49. The van der Waals surface area contributed by atoms with Crippen LogP contribution in [0.1, 0.15) is 153 Å². The zero-order valence-corrected chi connectivity index (χ0v) is 34.0. The van der Waals surface area contributed by atoms with E-state index in [-0.39, 0.29) is 23.8 Å². The molecule has 0 radical (unpaired) electrons. The van der Waals surface area contributed by atoms with E-state index in [1.165, 1.54) is 44.1 Å². The van der Waals surface area contributed by atoms with Crippen LogP contribution in [0.3, 0.4) is 0 Å². The molecule has 4 N–H and O–H groups in total. The summed E-state index contributed by atoms with van der Waals surface area (Å²) >= 11 is 0. The lowest BCUT2D eigenvalue weighted by atomic mass is 9.76. The van der Waals surface area contributed by atoms with Gasteiger partial charge in [0.1, 0.15) is 23.6 Å². The van der Waals surface area contributed by atoms with Gasteiger partial charge in [-0.3, -0.25) is 14.7 Å². The number of rotatable bonds is 19. The molecule has 0 aromatic heterocycles. The normalized spacial score (nSPS) is 16.2. The van der Waals surface area contributed by atoms with Crippen LogP contribution >= 0.6 is 0 Å². The van der Waals surface area contributed by atoms with Crippen LogP contribution in [0.15, 0.2) is 71.7 Å². The van der Waals surface area contributed by atoms with Crippen molar-refractivity contribution in [3.05, 3.63) is 99.4 Å². The number of ether oxygens (including phenoxy) is 1. The quantitative estimate of drug-likeness (QED) is 0.0843. The molecule has 7 heteroatoms. The van der Waals surface area contributed by atoms with Crippen LogP contribution in [-0.4, -0.2) is 41.4 Å². The Morgan fingerprint density at radius 3 is 2.15 bits per heavy atom. The SMILES string of the molecule is CCC(CCCF)c1ccccc1.CCCCCCN(CCCCCC)C(O)c1ccccc1OC1=c2cc3c(cc2=CC(C(C)(C)C)C1)C(=N)N=C3N. The first-order valence-corrected chi connectivity index (χ1v) is 20.6. The first-order chi connectivity index (χ1) is 26.0. The molecule has 54 heavy (non-hydrogen) atoms. The van der Waals surface area contributed by atoms with Crippen molar-refractivity contribution < 1.29 is 14.2 Å². The number of halogens is 1. The molecule has 0 bridgehead atoms. The number of alkyl halides is 1. The first kappa shape index (κ1) is 42.9.